The van der Waals surface area contributed by atoms with Crippen molar-refractivity contribution in [3.8, 4) is 16.9 Å². The zero-order valence-electron chi connectivity index (χ0n) is 16.4. The van der Waals surface area contributed by atoms with Crippen molar-refractivity contribution in [2.45, 2.75) is 24.9 Å². The highest BCUT2D eigenvalue weighted by atomic mass is 16.6. The lowest BCUT2D eigenvalue weighted by atomic mass is 10.1. The minimum atomic E-state index is 0.142. The number of aromatic nitrogens is 3. The first kappa shape index (κ1) is 17.8. The Hall–Kier alpha value is -3.06. The van der Waals surface area contributed by atoms with E-state index in [1.807, 2.05) is 23.0 Å². The van der Waals surface area contributed by atoms with Crippen LogP contribution < -0.4 is 5.32 Å². The van der Waals surface area contributed by atoms with E-state index < -0.39 is 0 Å². The van der Waals surface area contributed by atoms with E-state index in [0.29, 0.717) is 12.7 Å². The van der Waals surface area contributed by atoms with E-state index in [9.17, 15) is 0 Å². The molecule has 3 heterocycles. The summed E-state index contributed by atoms with van der Waals surface area (Å²) in [6.07, 6.45) is 2.72. The third kappa shape index (κ3) is 3.39. The fourth-order valence-corrected chi connectivity index (χ4v) is 4.10. The quantitative estimate of drug-likeness (QED) is 0.523. The molecule has 0 spiro atoms. The molecule has 150 valence electrons. The van der Waals surface area contributed by atoms with Crippen LogP contribution in [0, 0.1) is 0 Å². The van der Waals surface area contributed by atoms with Gasteiger partial charge in [0, 0.05) is 18.7 Å². The van der Waals surface area contributed by atoms with E-state index in [4.69, 9.17) is 9.47 Å². The zero-order chi connectivity index (χ0) is 19.9. The molecule has 2 aliphatic rings. The number of rotatable bonds is 5. The molecule has 30 heavy (non-hydrogen) atoms. The molecule has 2 aliphatic heterocycles. The van der Waals surface area contributed by atoms with E-state index in [1.54, 1.807) is 0 Å². The molecule has 1 N–H and O–H groups in total. The summed E-state index contributed by atoms with van der Waals surface area (Å²) in [7, 11) is 0. The lowest BCUT2D eigenvalue weighted by Crippen LogP contribution is -2.41. The van der Waals surface area contributed by atoms with E-state index >= 15 is 0 Å². The van der Waals surface area contributed by atoms with Crippen LogP contribution in [0.1, 0.15) is 5.56 Å². The third-order valence-corrected chi connectivity index (χ3v) is 5.88. The largest absolute Gasteiger partial charge is 0.369 e. The summed E-state index contributed by atoms with van der Waals surface area (Å²) in [5.41, 5.74) is 4.03. The molecule has 6 heteroatoms. The van der Waals surface area contributed by atoms with Crippen LogP contribution in [0.5, 0.6) is 0 Å². The maximum Gasteiger partial charge on any atom is 0.113 e. The van der Waals surface area contributed by atoms with Gasteiger partial charge in [-0.15, -0.1) is 5.10 Å². The van der Waals surface area contributed by atoms with Crippen LogP contribution in [-0.4, -0.2) is 46.4 Å². The molecule has 3 atom stereocenters. The molecule has 6 nitrogen and oxygen atoms in total. The average molecular weight is 398 g/mol. The van der Waals surface area contributed by atoms with Gasteiger partial charge in [0.05, 0.1) is 30.7 Å². The second kappa shape index (κ2) is 7.32. The standard InChI is InChI=1S/C24H22N4O2/c1-2-4-18-11-19(8-7-17(18)3-1)21-14-28(27-26-21)20-9-5-16(6-10-20)15-29-22-12-25-13-23-24(22)30-23/h1-11,14,22-25H,12-13,15H2/t22-,23-,24-/m0/s1. The highest BCUT2D eigenvalue weighted by molar-refractivity contribution is 5.86. The fourth-order valence-electron chi connectivity index (χ4n) is 4.10. The Morgan fingerprint density at radius 3 is 2.77 bits per heavy atom. The van der Waals surface area contributed by atoms with Crippen molar-refractivity contribution < 1.29 is 9.47 Å². The highest BCUT2D eigenvalue weighted by Gasteiger charge is 2.48. The molecular formula is C24H22N4O2. The number of epoxide rings is 1. The van der Waals surface area contributed by atoms with Gasteiger partial charge in [0.2, 0.25) is 0 Å². The molecule has 0 radical (unpaired) electrons. The smallest absolute Gasteiger partial charge is 0.113 e. The van der Waals surface area contributed by atoms with Crippen LogP contribution in [0.3, 0.4) is 0 Å². The molecule has 3 aromatic carbocycles. The Morgan fingerprint density at radius 2 is 1.87 bits per heavy atom. The van der Waals surface area contributed by atoms with Gasteiger partial charge in [-0.2, -0.15) is 0 Å². The summed E-state index contributed by atoms with van der Waals surface area (Å²) in [5, 5.41) is 14.5. The van der Waals surface area contributed by atoms with Gasteiger partial charge in [0.25, 0.3) is 0 Å². The van der Waals surface area contributed by atoms with Crippen LogP contribution in [0.15, 0.2) is 72.9 Å². The van der Waals surface area contributed by atoms with E-state index in [2.05, 4.69) is 70.2 Å². The van der Waals surface area contributed by atoms with Gasteiger partial charge in [-0.25, -0.2) is 4.68 Å². The first-order valence-corrected chi connectivity index (χ1v) is 10.3. The summed E-state index contributed by atoms with van der Waals surface area (Å²) < 4.78 is 13.5. The molecule has 0 unspecified atom stereocenters. The predicted molar refractivity (Wildman–Crippen MR) is 114 cm³/mol. The van der Waals surface area contributed by atoms with Gasteiger partial charge in [-0.05, 0) is 34.5 Å². The van der Waals surface area contributed by atoms with Crippen molar-refractivity contribution >= 4 is 10.8 Å². The monoisotopic (exact) mass is 398 g/mol. The summed E-state index contributed by atoms with van der Waals surface area (Å²) in [5.74, 6) is 0. The number of hydrogen-bond acceptors (Lipinski definition) is 5. The first-order chi connectivity index (χ1) is 14.8. The first-order valence-electron chi connectivity index (χ1n) is 10.3. The molecule has 0 bridgehead atoms. The van der Waals surface area contributed by atoms with E-state index in [-0.39, 0.29) is 12.2 Å². The molecular weight excluding hydrogens is 376 g/mol. The molecule has 2 saturated heterocycles. The van der Waals surface area contributed by atoms with Crippen molar-refractivity contribution in [3.63, 3.8) is 0 Å². The number of hydrogen-bond donors (Lipinski definition) is 1. The minimum Gasteiger partial charge on any atom is -0.369 e. The normalized spacial score (nSPS) is 22.7. The van der Waals surface area contributed by atoms with E-state index in [1.165, 1.54) is 10.8 Å². The van der Waals surface area contributed by atoms with Gasteiger partial charge in [-0.3, -0.25) is 0 Å². The molecule has 0 aliphatic carbocycles. The Kier molecular flexibility index (Phi) is 4.34. The van der Waals surface area contributed by atoms with Crippen molar-refractivity contribution in [2.75, 3.05) is 13.1 Å². The van der Waals surface area contributed by atoms with Crippen molar-refractivity contribution in [1.29, 1.82) is 0 Å². The third-order valence-electron chi connectivity index (χ3n) is 5.88. The van der Waals surface area contributed by atoms with Crippen LogP contribution >= 0.6 is 0 Å². The Bertz CT molecular complexity index is 1190. The Labute approximate surface area is 174 Å². The second-order valence-corrected chi connectivity index (χ2v) is 7.92. The minimum absolute atomic E-state index is 0.142. The SMILES string of the molecule is c1ccc2cc(-c3cn(-c4ccc(CO[C@H]5CNC[C@@H]6O[C@@H]56)cc4)nn3)ccc2c1. The molecule has 2 fully saturated rings. The lowest BCUT2D eigenvalue weighted by molar-refractivity contribution is 0.0211. The van der Waals surface area contributed by atoms with Crippen LogP contribution in [-0.2, 0) is 16.1 Å². The van der Waals surface area contributed by atoms with Gasteiger partial charge in [-0.1, -0.05) is 53.7 Å². The molecule has 0 amide bonds. The summed E-state index contributed by atoms with van der Waals surface area (Å²) >= 11 is 0. The van der Waals surface area contributed by atoms with Crippen LogP contribution in [0.2, 0.25) is 0 Å². The number of nitrogens with one attached hydrogen (secondary N) is 1. The predicted octanol–water partition coefficient (Wildman–Crippen LogP) is 3.34. The van der Waals surface area contributed by atoms with Crippen LogP contribution in [0.25, 0.3) is 27.7 Å². The highest BCUT2D eigenvalue weighted by Crippen LogP contribution is 2.30. The maximum atomic E-state index is 6.04. The molecule has 4 aromatic rings. The number of nitrogens with zero attached hydrogens (tertiary/aromatic N) is 3. The van der Waals surface area contributed by atoms with Crippen molar-refractivity contribution in [3.05, 3.63) is 78.5 Å². The Balaban J connectivity index is 1.16. The molecule has 1 aromatic heterocycles. The van der Waals surface area contributed by atoms with E-state index in [0.717, 1.165) is 35.6 Å². The summed E-state index contributed by atoms with van der Waals surface area (Å²) in [4.78, 5) is 0. The fraction of sp³-hybridized carbons (Fsp3) is 0.250. The van der Waals surface area contributed by atoms with Gasteiger partial charge in [0.15, 0.2) is 0 Å². The van der Waals surface area contributed by atoms with Crippen molar-refractivity contribution in [1.82, 2.24) is 20.3 Å². The number of benzene rings is 3. The zero-order valence-corrected chi connectivity index (χ0v) is 16.4. The average Bonchev–Trinajstić information content (AvgIpc) is 3.44. The lowest BCUT2D eigenvalue weighted by Gasteiger charge is -2.20. The molecule has 0 saturated carbocycles. The molecule has 6 rings (SSSR count). The van der Waals surface area contributed by atoms with Crippen molar-refractivity contribution in [2.24, 2.45) is 0 Å². The number of piperidine rings is 1. The van der Waals surface area contributed by atoms with Gasteiger partial charge >= 0.3 is 0 Å². The maximum absolute atomic E-state index is 6.04. The van der Waals surface area contributed by atoms with Crippen LogP contribution in [0.4, 0.5) is 0 Å². The topological polar surface area (TPSA) is 64.5 Å². The van der Waals surface area contributed by atoms with Gasteiger partial charge in [0.1, 0.15) is 11.8 Å². The summed E-state index contributed by atoms with van der Waals surface area (Å²) in [6.45, 7) is 2.38. The second-order valence-electron chi connectivity index (χ2n) is 7.92. The Morgan fingerprint density at radius 1 is 1.00 bits per heavy atom. The number of fused-ring (bicyclic) bond motifs is 2. The van der Waals surface area contributed by atoms with Gasteiger partial charge < -0.3 is 14.8 Å². The number of ether oxygens (including phenoxy) is 2. The summed E-state index contributed by atoms with van der Waals surface area (Å²) in [6, 6.07) is 22.9.